The Kier molecular flexibility index (Phi) is 6.75. The van der Waals surface area contributed by atoms with Gasteiger partial charge in [0.15, 0.2) is 0 Å². The molecular formula is C13H19BrN2OS. The first-order chi connectivity index (χ1) is 8.49. The van der Waals surface area contributed by atoms with E-state index in [4.69, 9.17) is 5.73 Å². The molecule has 3 nitrogen and oxygen atoms in total. The fourth-order valence-corrected chi connectivity index (χ4v) is 2.87. The van der Waals surface area contributed by atoms with Gasteiger partial charge in [0.05, 0.1) is 11.4 Å². The maximum absolute atomic E-state index is 11.7. The first kappa shape index (κ1) is 15.5. The largest absolute Gasteiger partial charge is 0.328 e. The lowest BCUT2D eigenvalue weighted by atomic mass is 10.2. The number of benzene rings is 1. The number of anilines is 1. The molecule has 18 heavy (non-hydrogen) atoms. The maximum Gasteiger partial charge on any atom is 0.234 e. The summed E-state index contributed by atoms with van der Waals surface area (Å²) in [6, 6.07) is 6.07. The van der Waals surface area contributed by atoms with Crippen LogP contribution in [0.3, 0.4) is 0 Å². The molecule has 0 aliphatic heterocycles. The number of carbonyl (C=O) groups is 1. The Labute approximate surface area is 121 Å². The summed E-state index contributed by atoms with van der Waals surface area (Å²) in [5.74, 6) is 1.40. The first-order valence-corrected chi connectivity index (χ1v) is 7.83. The van der Waals surface area contributed by atoms with Crippen molar-refractivity contribution in [2.24, 2.45) is 5.73 Å². The second-order valence-electron chi connectivity index (χ2n) is 4.35. The van der Waals surface area contributed by atoms with Gasteiger partial charge in [-0.25, -0.2) is 0 Å². The van der Waals surface area contributed by atoms with Crippen LogP contribution in [0.25, 0.3) is 0 Å². The number of thioether (sulfide) groups is 1. The zero-order valence-corrected chi connectivity index (χ0v) is 13.1. The smallest absolute Gasteiger partial charge is 0.234 e. The fraction of sp³-hybridized carbons (Fsp3) is 0.462. The van der Waals surface area contributed by atoms with Crippen LogP contribution >= 0.6 is 27.7 Å². The minimum Gasteiger partial charge on any atom is -0.328 e. The number of carbonyl (C=O) groups excluding carboxylic acids is 1. The zero-order valence-electron chi connectivity index (χ0n) is 10.7. The molecule has 0 aromatic heterocycles. The molecule has 0 saturated heterocycles. The molecule has 3 N–H and O–H groups in total. The molecule has 0 bridgehead atoms. The molecule has 1 aromatic rings. The molecule has 0 aliphatic rings. The zero-order chi connectivity index (χ0) is 13.5. The molecule has 1 rings (SSSR count). The number of aryl methyl sites for hydroxylation is 1. The van der Waals surface area contributed by atoms with E-state index < -0.39 is 0 Å². The highest BCUT2D eigenvalue weighted by Gasteiger charge is 2.06. The van der Waals surface area contributed by atoms with E-state index in [9.17, 15) is 4.79 Å². The van der Waals surface area contributed by atoms with E-state index in [1.807, 2.05) is 32.0 Å². The third-order valence-electron chi connectivity index (χ3n) is 2.35. The molecule has 0 aliphatic carbocycles. The van der Waals surface area contributed by atoms with Crippen LogP contribution in [0.2, 0.25) is 0 Å². The van der Waals surface area contributed by atoms with Gasteiger partial charge in [-0.15, -0.1) is 0 Å². The summed E-state index contributed by atoms with van der Waals surface area (Å²) in [4.78, 5) is 11.7. The molecule has 1 amide bonds. The molecule has 0 fully saturated rings. The first-order valence-electron chi connectivity index (χ1n) is 5.88. The molecule has 1 atom stereocenters. The monoisotopic (exact) mass is 330 g/mol. The number of nitrogens with two attached hydrogens (primary N) is 1. The van der Waals surface area contributed by atoms with Crippen LogP contribution < -0.4 is 11.1 Å². The van der Waals surface area contributed by atoms with E-state index in [0.29, 0.717) is 5.75 Å². The predicted octanol–water partition coefficient (Wildman–Crippen LogP) is 3.17. The Balaban J connectivity index is 2.35. The normalized spacial score (nSPS) is 12.2. The fourth-order valence-electron chi connectivity index (χ4n) is 1.34. The van der Waals surface area contributed by atoms with Crippen LogP contribution in [0.5, 0.6) is 0 Å². The van der Waals surface area contributed by atoms with Gasteiger partial charge in [-0.05, 0) is 59.6 Å². The number of hydrogen-bond acceptors (Lipinski definition) is 3. The summed E-state index contributed by atoms with van der Waals surface area (Å²) in [5, 5.41) is 2.89. The Morgan fingerprint density at radius 1 is 1.56 bits per heavy atom. The van der Waals surface area contributed by atoms with Gasteiger partial charge in [0.1, 0.15) is 0 Å². The molecule has 0 radical (unpaired) electrons. The van der Waals surface area contributed by atoms with E-state index in [2.05, 4.69) is 21.2 Å². The minimum absolute atomic E-state index is 0.0224. The summed E-state index contributed by atoms with van der Waals surface area (Å²) in [6.45, 7) is 3.99. The van der Waals surface area contributed by atoms with Crippen LogP contribution in [0.4, 0.5) is 5.69 Å². The summed E-state index contributed by atoms with van der Waals surface area (Å²) in [5.41, 5.74) is 7.62. The summed E-state index contributed by atoms with van der Waals surface area (Å²) >= 11 is 5.05. The van der Waals surface area contributed by atoms with Gasteiger partial charge in [0.2, 0.25) is 5.91 Å². The van der Waals surface area contributed by atoms with E-state index in [1.54, 1.807) is 11.8 Å². The van der Waals surface area contributed by atoms with Crippen molar-refractivity contribution in [1.82, 2.24) is 0 Å². The molecule has 100 valence electrons. The predicted molar refractivity (Wildman–Crippen MR) is 83.1 cm³/mol. The SMILES string of the molecule is Cc1ccc(NC(=O)CSCCC(C)N)c(Br)c1. The van der Waals surface area contributed by atoms with Crippen molar-refractivity contribution < 1.29 is 4.79 Å². The Bertz CT molecular complexity index is 410. The van der Waals surface area contributed by atoms with Crippen molar-refractivity contribution in [2.75, 3.05) is 16.8 Å². The Morgan fingerprint density at radius 3 is 2.89 bits per heavy atom. The van der Waals surface area contributed by atoms with Crippen LogP contribution in [0, 0.1) is 6.92 Å². The number of amides is 1. The quantitative estimate of drug-likeness (QED) is 0.787. The Hall–Kier alpha value is -0.520. The van der Waals surface area contributed by atoms with Crippen LogP contribution in [0.1, 0.15) is 18.9 Å². The average Bonchev–Trinajstić information content (AvgIpc) is 2.28. The van der Waals surface area contributed by atoms with Crippen LogP contribution in [-0.2, 0) is 4.79 Å². The van der Waals surface area contributed by atoms with Crippen LogP contribution in [0.15, 0.2) is 22.7 Å². The highest BCUT2D eigenvalue weighted by Crippen LogP contribution is 2.23. The molecule has 0 saturated carbocycles. The molecule has 1 unspecified atom stereocenters. The highest BCUT2D eigenvalue weighted by atomic mass is 79.9. The molecular weight excluding hydrogens is 312 g/mol. The van der Waals surface area contributed by atoms with Gasteiger partial charge in [0, 0.05) is 10.5 Å². The van der Waals surface area contributed by atoms with Crippen molar-refractivity contribution in [3.05, 3.63) is 28.2 Å². The lowest BCUT2D eigenvalue weighted by Crippen LogP contribution is -2.17. The topological polar surface area (TPSA) is 55.1 Å². The van der Waals surface area contributed by atoms with Crippen molar-refractivity contribution in [3.8, 4) is 0 Å². The molecule has 0 heterocycles. The van der Waals surface area contributed by atoms with Crippen molar-refractivity contribution in [1.29, 1.82) is 0 Å². The number of nitrogens with one attached hydrogen (secondary N) is 1. The Morgan fingerprint density at radius 2 is 2.28 bits per heavy atom. The lowest BCUT2D eigenvalue weighted by Gasteiger charge is -2.08. The van der Waals surface area contributed by atoms with Crippen LogP contribution in [-0.4, -0.2) is 23.5 Å². The van der Waals surface area contributed by atoms with Gasteiger partial charge in [-0.2, -0.15) is 11.8 Å². The van der Waals surface area contributed by atoms with Crippen molar-refractivity contribution in [3.63, 3.8) is 0 Å². The van der Waals surface area contributed by atoms with Crippen molar-refractivity contribution >= 4 is 39.3 Å². The summed E-state index contributed by atoms with van der Waals surface area (Å²) in [7, 11) is 0. The van der Waals surface area contributed by atoms with Gasteiger partial charge in [0.25, 0.3) is 0 Å². The van der Waals surface area contributed by atoms with Gasteiger partial charge in [-0.1, -0.05) is 6.07 Å². The maximum atomic E-state index is 11.7. The standard InChI is InChI=1S/C13H19BrN2OS/c1-9-3-4-12(11(14)7-9)16-13(17)8-18-6-5-10(2)15/h3-4,7,10H,5-6,8,15H2,1-2H3,(H,16,17). The second-order valence-corrected chi connectivity index (χ2v) is 6.31. The molecule has 5 heteroatoms. The van der Waals surface area contributed by atoms with Crippen molar-refractivity contribution in [2.45, 2.75) is 26.3 Å². The highest BCUT2D eigenvalue weighted by molar-refractivity contribution is 9.10. The van der Waals surface area contributed by atoms with Gasteiger partial charge >= 0.3 is 0 Å². The molecule has 1 aromatic carbocycles. The average molecular weight is 331 g/mol. The third-order valence-corrected chi connectivity index (χ3v) is 4.00. The minimum atomic E-state index is 0.0224. The lowest BCUT2D eigenvalue weighted by molar-refractivity contribution is -0.113. The van der Waals surface area contributed by atoms with Gasteiger partial charge < -0.3 is 11.1 Å². The molecule has 0 spiro atoms. The number of hydrogen-bond donors (Lipinski definition) is 2. The summed E-state index contributed by atoms with van der Waals surface area (Å²) in [6.07, 6.45) is 0.937. The van der Waals surface area contributed by atoms with E-state index in [-0.39, 0.29) is 11.9 Å². The van der Waals surface area contributed by atoms with Gasteiger partial charge in [-0.3, -0.25) is 4.79 Å². The summed E-state index contributed by atoms with van der Waals surface area (Å²) < 4.78 is 0.913. The number of rotatable bonds is 6. The number of halogens is 1. The van der Waals surface area contributed by atoms with E-state index in [1.165, 1.54) is 0 Å². The van der Waals surface area contributed by atoms with E-state index in [0.717, 1.165) is 27.9 Å². The third kappa shape index (κ3) is 5.89. The second kappa shape index (κ2) is 7.81. The van der Waals surface area contributed by atoms with E-state index >= 15 is 0 Å².